The molecule has 0 radical (unpaired) electrons. The summed E-state index contributed by atoms with van der Waals surface area (Å²) in [7, 11) is 0. The van der Waals surface area contributed by atoms with E-state index in [0.29, 0.717) is 17.3 Å². The summed E-state index contributed by atoms with van der Waals surface area (Å²) in [4.78, 5) is 18.4. The summed E-state index contributed by atoms with van der Waals surface area (Å²) in [5.74, 6) is -0.454. The van der Waals surface area contributed by atoms with Crippen LogP contribution in [0, 0.1) is 5.82 Å². The van der Waals surface area contributed by atoms with Gasteiger partial charge < -0.3 is 15.0 Å². The molecule has 1 aliphatic heterocycles. The maximum atomic E-state index is 13.4. The highest BCUT2D eigenvalue weighted by Crippen LogP contribution is 2.38. The molecule has 5 nitrogen and oxygen atoms in total. The molecule has 0 unspecified atom stereocenters. The van der Waals surface area contributed by atoms with Crippen LogP contribution in [0.1, 0.15) is 46.1 Å². The van der Waals surface area contributed by atoms with E-state index in [9.17, 15) is 9.18 Å². The molecule has 0 amide bonds. The van der Waals surface area contributed by atoms with E-state index in [2.05, 4.69) is 15.1 Å². The quantitative estimate of drug-likeness (QED) is 0.524. The summed E-state index contributed by atoms with van der Waals surface area (Å²) < 4.78 is 18.8. The molecule has 0 saturated carbocycles. The van der Waals surface area contributed by atoms with E-state index in [4.69, 9.17) is 17.0 Å². The van der Waals surface area contributed by atoms with Gasteiger partial charge in [0.15, 0.2) is 5.11 Å². The molecule has 166 valence electrons. The number of ether oxygens (including phenoxy) is 1. The maximum absolute atomic E-state index is 13.4. The van der Waals surface area contributed by atoms with E-state index >= 15 is 0 Å². The van der Waals surface area contributed by atoms with Gasteiger partial charge >= 0.3 is 5.97 Å². The van der Waals surface area contributed by atoms with Gasteiger partial charge in [0, 0.05) is 37.6 Å². The van der Waals surface area contributed by atoms with Crippen molar-refractivity contribution >= 4 is 39.6 Å². The van der Waals surface area contributed by atoms with E-state index in [1.807, 2.05) is 13.0 Å². The number of fused-ring (bicyclic) bond motifs is 1. The van der Waals surface area contributed by atoms with Crippen LogP contribution < -0.4 is 5.32 Å². The molecule has 1 fully saturated rings. The SMILES string of the molecule is CCOC(=O)c1c(NC(=S)N2CCN(Cc3cccc(F)c3)CC2)sc2c1CCCC2. The van der Waals surface area contributed by atoms with E-state index in [0.717, 1.165) is 74.5 Å². The Morgan fingerprint density at radius 3 is 2.74 bits per heavy atom. The average molecular weight is 462 g/mol. The average Bonchev–Trinajstić information content (AvgIpc) is 3.12. The number of aryl methyl sites for hydroxylation is 1. The Kier molecular flexibility index (Phi) is 7.20. The zero-order valence-corrected chi connectivity index (χ0v) is 19.4. The Morgan fingerprint density at radius 1 is 1.23 bits per heavy atom. The Balaban J connectivity index is 1.39. The summed E-state index contributed by atoms with van der Waals surface area (Å²) >= 11 is 7.33. The van der Waals surface area contributed by atoms with Crippen LogP contribution in [0.25, 0.3) is 0 Å². The van der Waals surface area contributed by atoms with E-state index in [1.165, 1.54) is 10.9 Å². The minimum Gasteiger partial charge on any atom is -0.462 e. The summed E-state index contributed by atoms with van der Waals surface area (Å²) in [6.45, 7) is 6.21. The molecule has 1 N–H and O–H groups in total. The lowest BCUT2D eigenvalue weighted by Gasteiger charge is -2.36. The van der Waals surface area contributed by atoms with Crippen LogP contribution >= 0.6 is 23.6 Å². The molecule has 0 atom stereocenters. The summed E-state index contributed by atoms with van der Waals surface area (Å²) in [6.07, 6.45) is 4.20. The van der Waals surface area contributed by atoms with Crippen LogP contribution in [0.3, 0.4) is 0 Å². The van der Waals surface area contributed by atoms with Crippen LogP contribution in [0.5, 0.6) is 0 Å². The fourth-order valence-corrected chi connectivity index (χ4v) is 5.88. The van der Waals surface area contributed by atoms with Crippen LogP contribution in [-0.2, 0) is 24.1 Å². The lowest BCUT2D eigenvalue weighted by molar-refractivity contribution is 0.0526. The number of hydrogen-bond acceptors (Lipinski definition) is 5. The first-order chi connectivity index (χ1) is 15.0. The molecule has 4 rings (SSSR count). The van der Waals surface area contributed by atoms with Gasteiger partial charge in [0.05, 0.1) is 12.2 Å². The van der Waals surface area contributed by atoms with E-state index in [-0.39, 0.29) is 11.8 Å². The van der Waals surface area contributed by atoms with Crippen molar-refractivity contribution in [2.24, 2.45) is 0 Å². The van der Waals surface area contributed by atoms with Crippen LogP contribution in [0.2, 0.25) is 0 Å². The molecule has 1 saturated heterocycles. The first-order valence-corrected chi connectivity index (χ1v) is 12.1. The van der Waals surface area contributed by atoms with Gasteiger partial charge in [-0.05, 0) is 68.1 Å². The van der Waals surface area contributed by atoms with Gasteiger partial charge in [-0.25, -0.2) is 9.18 Å². The number of hydrogen-bond donors (Lipinski definition) is 1. The van der Waals surface area contributed by atoms with Crippen molar-refractivity contribution in [1.29, 1.82) is 0 Å². The molecule has 31 heavy (non-hydrogen) atoms. The first-order valence-electron chi connectivity index (χ1n) is 10.9. The molecule has 1 aromatic heterocycles. The van der Waals surface area contributed by atoms with Crippen molar-refractivity contribution < 1.29 is 13.9 Å². The molecular weight excluding hydrogens is 433 g/mol. The third-order valence-electron chi connectivity index (χ3n) is 5.83. The number of thiocarbonyl (C=S) groups is 1. The third-order valence-corrected chi connectivity index (χ3v) is 7.39. The number of esters is 1. The minimum absolute atomic E-state index is 0.197. The topological polar surface area (TPSA) is 44.8 Å². The molecule has 2 heterocycles. The number of halogens is 1. The molecule has 1 aliphatic carbocycles. The highest BCUT2D eigenvalue weighted by molar-refractivity contribution is 7.80. The van der Waals surface area contributed by atoms with Crippen molar-refractivity contribution in [2.45, 2.75) is 39.2 Å². The number of rotatable bonds is 5. The highest BCUT2D eigenvalue weighted by atomic mass is 32.1. The molecule has 0 spiro atoms. The minimum atomic E-state index is -0.257. The number of carbonyl (C=O) groups excluding carboxylic acids is 1. The number of nitrogens with zero attached hydrogens (tertiary/aromatic N) is 2. The molecule has 8 heteroatoms. The van der Waals surface area contributed by atoms with Crippen LogP contribution in [-0.4, -0.2) is 53.7 Å². The van der Waals surface area contributed by atoms with Crippen LogP contribution in [0.15, 0.2) is 24.3 Å². The van der Waals surface area contributed by atoms with Crippen molar-refractivity contribution in [3.05, 3.63) is 51.7 Å². The Bertz CT molecular complexity index is 954. The normalized spacial score (nSPS) is 16.6. The number of carbonyl (C=O) groups is 1. The fourth-order valence-electron chi connectivity index (χ4n) is 4.25. The van der Waals surface area contributed by atoms with Gasteiger partial charge in [0.25, 0.3) is 0 Å². The third kappa shape index (κ3) is 5.25. The molecule has 2 aliphatic rings. The number of benzene rings is 1. The number of piperazine rings is 1. The van der Waals surface area contributed by atoms with Crippen molar-refractivity contribution in [3.63, 3.8) is 0 Å². The van der Waals surface area contributed by atoms with Crippen molar-refractivity contribution in [1.82, 2.24) is 9.80 Å². The smallest absolute Gasteiger partial charge is 0.341 e. The van der Waals surface area contributed by atoms with Gasteiger partial charge in [-0.1, -0.05) is 12.1 Å². The van der Waals surface area contributed by atoms with Gasteiger partial charge in [0.1, 0.15) is 10.8 Å². The highest BCUT2D eigenvalue weighted by Gasteiger charge is 2.28. The molecule has 0 bridgehead atoms. The second kappa shape index (κ2) is 10.1. The van der Waals surface area contributed by atoms with Gasteiger partial charge in [-0.2, -0.15) is 0 Å². The zero-order valence-electron chi connectivity index (χ0n) is 17.8. The maximum Gasteiger partial charge on any atom is 0.341 e. The molecular formula is C23H28FN3O2S2. The lowest BCUT2D eigenvalue weighted by atomic mass is 9.95. The van der Waals surface area contributed by atoms with Crippen LogP contribution in [0.4, 0.5) is 9.39 Å². The largest absolute Gasteiger partial charge is 0.462 e. The van der Waals surface area contributed by atoms with Gasteiger partial charge in [-0.3, -0.25) is 4.90 Å². The molecule has 1 aromatic carbocycles. The second-order valence-electron chi connectivity index (χ2n) is 7.96. The van der Waals surface area contributed by atoms with Crippen molar-refractivity contribution in [3.8, 4) is 0 Å². The number of thiophene rings is 1. The standard InChI is InChI=1S/C23H28FN3O2S2/c1-2-29-22(28)20-18-8-3-4-9-19(18)31-21(20)25-23(30)27-12-10-26(11-13-27)15-16-6-5-7-17(24)14-16/h5-7,14H,2-4,8-13,15H2,1H3,(H,25,30). The van der Waals surface area contributed by atoms with E-state index in [1.54, 1.807) is 23.5 Å². The lowest BCUT2D eigenvalue weighted by Crippen LogP contribution is -2.49. The van der Waals surface area contributed by atoms with Crippen molar-refractivity contribution in [2.75, 3.05) is 38.1 Å². The van der Waals surface area contributed by atoms with Gasteiger partial charge in [0.2, 0.25) is 0 Å². The summed E-state index contributed by atoms with van der Waals surface area (Å²) in [6, 6.07) is 6.77. The number of nitrogens with one attached hydrogen (secondary N) is 1. The Labute approximate surface area is 192 Å². The fraction of sp³-hybridized carbons (Fsp3) is 0.478. The monoisotopic (exact) mass is 461 g/mol. The van der Waals surface area contributed by atoms with Gasteiger partial charge in [-0.15, -0.1) is 11.3 Å². The second-order valence-corrected chi connectivity index (χ2v) is 9.45. The number of anilines is 1. The predicted molar refractivity (Wildman–Crippen MR) is 126 cm³/mol. The first kappa shape index (κ1) is 22.2. The Morgan fingerprint density at radius 2 is 2.00 bits per heavy atom. The predicted octanol–water partition coefficient (Wildman–Crippen LogP) is 4.46. The summed E-state index contributed by atoms with van der Waals surface area (Å²) in [5, 5.41) is 4.82. The Hall–Kier alpha value is -2.03. The van der Waals surface area contributed by atoms with E-state index < -0.39 is 0 Å². The molecule has 2 aromatic rings. The summed E-state index contributed by atoms with van der Waals surface area (Å²) in [5.41, 5.74) is 2.80. The zero-order chi connectivity index (χ0) is 21.8.